The molecule has 1 aliphatic rings. The van der Waals surface area contributed by atoms with E-state index in [4.69, 9.17) is 9.47 Å². The number of aliphatic hydroxyl groups excluding tert-OH is 1. The Hall–Kier alpha value is -1.20. The number of carbonyl (C=O) groups excluding carboxylic acids is 1. The van der Waals surface area contributed by atoms with Crippen molar-refractivity contribution in [1.82, 2.24) is 4.90 Å². The third kappa shape index (κ3) is 5.65. The van der Waals surface area contributed by atoms with E-state index in [1.54, 1.807) is 11.8 Å². The summed E-state index contributed by atoms with van der Waals surface area (Å²) in [6.07, 6.45) is 1.89. The van der Waals surface area contributed by atoms with Crippen LogP contribution < -0.4 is 0 Å². The van der Waals surface area contributed by atoms with Gasteiger partial charge in [0.1, 0.15) is 0 Å². The Bertz CT molecular complexity index is 566. The van der Waals surface area contributed by atoms with Gasteiger partial charge in [-0.15, -0.1) is 0 Å². The van der Waals surface area contributed by atoms with E-state index in [-0.39, 0.29) is 18.6 Å². The van der Waals surface area contributed by atoms with Crippen LogP contribution in [0.4, 0.5) is 0 Å². The Morgan fingerprint density at radius 2 is 2.16 bits per heavy atom. The van der Waals surface area contributed by atoms with Gasteiger partial charge in [-0.25, -0.2) is 0 Å². The SMILES string of the molecule is CCCCOC[C@@H](O)[C@@H](C)C(=O)N1C(=[Se])OC[C@@H]1Cc1ccccc1. The van der Waals surface area contributed by atoms with E-state index in [0.717, 1.165) is 18.4 Å². The first-order valence-corrected chi connectivity index (χ1v) is 9.69. The van der Waals surface area contributed by atoms with E-state index >= 15 is 0 Å². The number of aliphatic hydroxyl groups is 1. The van der Waals surface area contributed by atoms with Crippen LogP contribution in [-0.4, -0.2) is 68.2 Å². The first-order valence-electron chi connectivity index (χ1n) is 8.84. The molecule has 2 rings (SSSR count). The summed E-state index contributed by atoms with van der Waals surface area (Å²) in [7, 11) is 0. The number of amides is 1. The molecular weight excluding hydrogens is 385 g/mol. The summed E-state index contributed by atoms with van der Waals surface area (Å²) in [5.74, 6) is -0.691. The van der Waals surface area contributed by atoms with Crippen molar-refractivity contribution < 1.29 is 19.4 Å². The van der Waals surface area contributed by atoms with Gasteiger partial charge in [-0.2, -0.15) is 0 Å². The van der Waals surface area contributed by atoms with Gasteiger partial charge in [0, 0.05) is 0 Å². The molecule has 1 N–H and O–H groups in total. The molecule has 1 amide bonds. The predicted octanol–water partition coefficient (Wildman–Crippen LogP) is 1.53. The molecule has 0 aliphatic carbocycles. The summed E-state index contributed by atoms with van der Waals surface area (Å²) in [5, 5.41) is 10.3. The molecule has 1 aromatic carbocycles. The van der Waals surface area contributed by atoms with Crippen molar-refractivity contribution in [3.63, 3.8) is 0 Å². The summed E-state index contributed by atoms with van der Waals surface area (Å²) in [4.78, 5) is 14.5. The topological polar surface area (TPSA) is 59.0 Å². The summed E-state index contributed by atoms with van der Waals surface area (Å²) >= 11 is 2.83. The quantitative estimate of drug-likeness (QED) is 0.494. The zero-order valence-electron chi connectivity index (χ0n) is 14.9. The molecule has 1 aliphatic heterocycles. The van der Waals surface area contributed by atoms with Crippen molar-refractivity contribution in [2.24, 2.45) is 5.92 Å². The van der Waals surface area contributed by atoms with Crippen molar-refractivity contribution in [2.75, 3.05) is 19.8 Å². The minimum atomic E-state index is -0.824. The fraction of sp³-hybridized carbons (Fsp3) is 0.579. The van der Waals surface area contributed by atoms with E-state index in [1.807, 2.05) is 30.3 Å². The van der Waals surface area contributed by atoms with E-state index < -0.39 is 12.0 Å². The van der Waals surface area contributed by atoms with E-state index in [0.29, 0.717) is 24.4 Å². The molecule has 1 heterocycles. The van der Waals surface area contributed by atoms with Crippen LogP contribution in [-0.2, 0) is 20.7 Å². The zero-order chi connectivity index (χ0) is 18.2. The average Bonchev–Trinajstić information content (AvgIpc) is 2.98. The molecule has 3 atom stereocenters. The monoisotopic (exact) mass is 413 g/mol. The summed E-state index contributed by atoms with van der Waals surface area (Å²) in [6.45, 7) is 5.06. The van der Waals surface area contributed by atoms with Crippen molar-refractivity contribution in [3.8, 4) is 0 Å². The van der Waals surface area contributed by atoms with E-state index in [2.05, 4.69) is 22.5 Å². The second-order valence-electron chi connectivity index (χ2n) is 6.41. The molecule has 138 valence electrons. The number of hydrogen-bond donors (Lipinski definition) is 1. The Labute approximate surface area is 157 Å². The minimum absolute atomic E-state index is 0.0678. The van der Waals surface area contributed by atoms with Crippen LogP contribution in [0.2, 0.25) is 0 Å². The van der Waals surface area contributed by atoms with Gasteiger partial charge in [-0.05, 0) is 0 Å². The van der Waals surface area contributed by atoms with Crippen LogP contribution in [0.1, 0.15) is 32.3 Å². The molecule has 0 unspecified atom stereocenters. The van der Waals surface area contributed by atoms with Crippen molar-refractivity contribution >= 4 is 26.2 Å². The Kier molecular flexibility index (Phi) is 8.10. The molecule has 1 saturated heterocycles. The second kappa shape index (κ2) is 10.1. The number of ether oxygens (including phenoxy) is 2. The molecule has 0 bridgehead atoms. The van der Waals surface area contributed by atoms with Gasteiger partial charge in [-0.3, -0.25) is 0 Å². The van der Waals surface area contributed by atoms with Crippen molar-refractivity contribution in [2.45, 2.75) is 45.3 Å². The van der Waals surface area contributed by atoms with Crippen LogP contribution in [0.25, 0.3) is 0 Å². The Balaban J connectivity index is 1.95. The van der Waals surface area contributed by atoms with Gasteiger partial charge in [0.2, 0.25) is 0 Å². The number of hydrogen-bond acceptors (Lipinski definition) is 4. The summed E-state index contributed by atoms with van der Waals surface area (Å²) in [5.41, 5.74) is 1.15. The number of benzene rings is 1. The fourth-order valence-corrected chi connectivity index (χ4v) is 3.39. The molecule has 1 fully saturated rings. The molecule has 1 aromatic rings. The summed E-state index contributed by atoms with van der Waals surface area (Å²) < 4.78 is 11.5. The van der Waals surface area contributed by atoms with Gasteiger partial charge in [0.05, 0.1) is 0 Å². The Morgan fingerprint density at radius 1 is 1.44 bits per heavy atom. The van der Waals surface area contributed by atoms with E-state index in [9.17, 15) is 9.90 Å². The van der Waals surface area contributed by atoms with Crippen LogP contribution >= 0.6 is 0 Å². The summed E-state index contributed by atoms with van der Waals surface area (Å²) in [6, 6.07) is 9.96. The molecule has 0 saturated carbocycles. The normalized spacial score (nSPS) is 19.6. The van der Waals surface area contributed by atoms with Crippen LogP contribution in [0.15, 0.2) is 30.3 Å². The van der Waals surface area contributed by atoms with Crippen LogP contribution in [0.5, 0.6) is 0 Å². The van der Waals surface area contributed by atoms with Gasteiger partial charge in [0.25, 0.3) is 0 Å². The second-order valence-corrected chi connectivity index (χ2v) is 7.15. The zero-order valence-corrected chi connectivity index (χ0v) is 16.6. The van der Waals surface area contributed by atoms with Crippen molar-refractivity contribution in [3.05, 3.63) is 35.9 Å². The molecule has 0 aromatic heterocycles. The van der Waals surface area contributed by atoms with Crippen molar-refractivity contribution in [1.29, 1.82) is 0 Å². The molecular formula is C19H27NO4Se. The maximum atomic E-state index is 12.9. The van der Waals surface area contributed by atoms with Gasteiger partial charge in [0.15, 0.2) is 0 Å². The standard InChI is InChI=1S/C19H27NO4Se/c1-3-4-10-23-13-17(21)14(2)18(22)20-16(12-24-19(20)25)11-15-8-6-5-7-9-15/h5-9,14,16-17,21H,3-4,10-13H2,1-2H3/t14-,16+,17-/m1/s1. The predicted molar refractivity (Wildman–Crippen MR) is 98.4 cm³/mol. The molecule has 0 radical (unpaired) electrons. The number of nitrogens with zero attached hydrogens (tertiary/aromatic N) is 1. The molecule has 25 heavy (non-hydrogen) atoms. The number of carbonyl (C=O) groups is 1. The van der Waals surface area contributed by atoms with E-state index in [1.165, 1.54) is 0 Å². The first-order chi connectivity index (χ1) is 12.0. The fourth-order valence-electron chi connectivity index (χ4n) is 2.75. The van der Waals surface area contributed by atoms with Crippen LogP contribution in [0, 0.1) is 5.92 Å². The first kappa shape index (κ1) is 20.1. The van der Waals surface area contributed by atoms with Gasteiger partial charge in [-0.1, -0.05) is 0 Å². The molecule has 6 heteroatoms. The number of rotatable bonds is 9. The van der Waals surface area contributed by atoms with Gasteiger partial charge >= 0.3 is 157 Å². The third-order valence-electron chi connectivity index (χ3n) is 4.41. The van der Waals surface area contributed by atoms with Gasteiger partial charge < -0.3 is 0 Å². The molecule has 0 spiro atoms. The third-order valence-corrected chi connectivity index (χ3v) is 5.07. The number of unbranched alkanes of at least 4 members (excludes halogenated alkanes) is 1. The Morgan fingerprint density at radius 3 is 2.84 bits per heavy atom. The maximum absolute atomic E-state index is 12.9. The average molecular weight is 412 g/mol. The van der Waals surface area contributed by atoms with Crippen LogP contribution in [0.3, 0.4) is 0 Å². The molecule has 5 nitrogen and oxygen atoms in total.